The first-order valence-corrected chi connectivity index (χ1v) is 11.3. The molecule has 3 rings (SSSR count). The third-order valence-corrected chi connectivity index (χ3v) is 6.82. The van der Waals surface area contributed by atoms with Gasteiger partial charge in [0.25, 0.3) is 0 Å². The predicted molar refractivity (Wildman–Crippen MR) is 110 cm³/mol. The molecule has 1 aromatic carbocycles. The summed E-state index contributed by atoms with van der Waals surface area (Å²) in [5.41, 5.74) is 2.93. The molecule has 150 valence electrons. The zero-order valence-corrected chi connectivity index (χ0v) is 17.0. The van der Waals surface area contributed by atoms with Crippen molar-refractivity contribution in [2.45, 2.75) is 96.8 Å². The highest BCUT2D eigenvalue weighted by Crippen LogP contribution is 2.36. The van der Waals surface area contributed by atoms with Gasteiger partial charge in [0.1, 0.15) is 11.6 Å². The van der Waals surface area contributed by atoms with Gasteiger partial charge < -0.3 is 0 Å². The Hall–Kier alpha value is -1.18. The Morgan fingerprint density at radius 3 is 2.33 bits per heavy atom. The molecule has 0 atom stereocenters. The molecule has 0 unspecified atom stereocenters. The molecule has 0 N–H and O–H groups in total. The zero-order valence-electron chi connectivity index (χ0n) is 17.0. The number of rotatable bonds is 9. The molecule has 2 aliphatic rings. The lowest BCUT2D eigenvalue weighted by molar-refractivity contribution is 0.248. The molecule has 0 nitrogen and oxygen atoms in total. The Labute approximate surface area is 164 Å². The van der Waals surface area contributed by atoms with Gasteiger partial charge in [-0.3, -0.25) is 0 Å². The van der Waals surface area contributed by atoms with Crippen LogP contribution in [0, 0.1) is 23.5 Å². The number of benzene rings is 1. The van der Waals surface area contributed by atoms with E-state index in [9.17, 15) is 8.78 Å². The summed E-state index contributed by atoms with van der Waals surface area (Å²) in [6, 6.07) is 2.54. The smallest absolute Gasteiger partial charge is 0.129 e. The zero-order chi connectivity index (χ0) is 19.1. The van der Waals surface area contributed by atoms with Gasteiger partial charge in [0.15, 0.2) is 0 Å². The Bertz CT molecular complexity index is 623. The highest BCUT2D eigenvalue weighted by atomic mass is 19.1. The fourth-order valence-corrected chi connectivity index (χ4v) is 5.03. The Morgan fingerprint density at radius 2 is 1.59 bits per heavy atom. The lowest BCUT2D eigenvalue weighted by atomic mass is 9.77. The molecule has 1 saturated carbocycles. The molecule has 0 heterocycles. The third-order valence-electron chi connectivity index (χ3n) is 6.82. The number of hydrogen-bond acceptors (Lipinski definition) is 0. The lowest BCUT2D eigenvalue weighted by Crippen LogP contribution is -2.15. The van der Waals surface area contributed by atoms with Crippen molar-refractivity contribution in [3.63, 3.8) is 0 Å². The van der Waals surface area contributed by atoms with Crippen molar-refractivity contribution < 1.29 is 8.78 Å². The Kier molecular flexibility index (Phi) is 7.91. The van der Waals surface area contributed by atoms with Gasteiger partial charge in [-0.25, -0.2) is 8.78 Å². The van der Waals surface area contributed by atoms with Crippen molar-refractivity contribution in [2.75, 3.05) is 0 Å². The number of unbranched alkanes of at least 4 members (excludes halogenated alkanes) is 4. The van der Waals surface area contributed by atoms with E-state index in [2.05, 4.69) is 13.0 Å². The maximum absolute atomic E-state index is 13.9. The van der Waals surface area contributed by atoms with Gasteiger partial charge >= 0.3 is 0 Å². The van der Waals surface area contributed by atoms with E-state index >= 15 is 0 Å². The van der Waals surface area contributed by atoms with Crippen molar-refractivity contribution in [3.05, 3.63) is 46.5 Å². The molecular formula is C25H36F2. The van der Waals surface area contributed by atoms with Crippen LogP contribution >= 0.6 is 0 Å². The van der Waals surface area contributed by atoms with E-state index in [1.54, 1.807) is 0 Å². The minimum Gasteiger partial charge on any atom is -0.207 e. The molecule has 0 aliphatic heterocycles. The molecule has 2 aliphatic carbocycles. The quantitative estimate of drug-likeness (QED) is 0.304. The summed E-state index contributed by atoms with van der Waals surface area (Å²) in [6.07, 6.45) is 19.9. The van der Waals surface area contributed by atoms with Crippen LogP contribution in [-0.2, 0) is 12.8 Å². The van der Waals surface area contributed by atoms with E-state index in [0.29, 0.717) is 12.0 Å². The van der Waals surface area contributed by atoms with E-state index < -0.39 is 5.82 Å². The molecule has 0 spiro atoms. The van der Waals surface area contributed by atoms with Gasteiger partial charge in [-0.2, -0.15) is 0 Å². The average Bonchev–Trinajstić information content (AvgIpc) is 2.66. The summed E-state index contributed by atoms with van der Waals surface area (Å²) in [4.78, 5) is 0. The van der Waals surface area contributed by atoms with Crippen molar-refractivity contribution in [3.8, 4) is 0 Å². The average molecular weight is 375 g/mol. The van der Waals surface area contributed by atoms with E-state index in [1.165, 1.54) is 82.3 Å². The van der Waals surface area contributed by atoms with Crippen LogP contribution in [0.2, 0.25) is 0 Å². The molecule has 0 bridgehead atoms. The van der Waals surface area contributed by atoms with Crippen LogP contribution in [0.15, 0.2) is 23.8 Å². The molecular weight excluding hydrogens is 338 g/mol. The fourth-order valence-electron chi connectivity index (χ4n) is 5.03. The third kappa shape index (κ3) is 6.16. The molecule has 0 amide bonds. The molecule has 0 radical (unpaired) electrons. The maximum atomic E-state index is 13.9. The fraction of sp³-hybridized carbons (Fsp3) is 0.680. The van der Waals surface area contributed by atoms with E-state index in [0.717, 1.165) is 36.3 Å². The highest BCUT2D eigenvalue weighted by molar-refractivity contribution is 5.38. The molecule has 2 heteroatoms. The van der Waals surface area contributed by atoms with Crippen LogP contribution in [0.1, 0.15) is 95.1 Å². The standard InChI is InChI=1S/C25H36F2/c1-2-3-4-5-6-7-19-8-10-20(11-9-19)12-13-21-14-15-24-22(16-21)17-23(26)18-25(24)27/h14,17-20H,2-13,15-16H2,1H3. The van der Waals surface area contributed by atoms with Gasteiger partial charge in [0.2, 0.25) is 0 Å². The van der Waals surface area contributed by atoms with Gasteiger partial charge in [-0.05, 0) is 54.7 Å². The van der Waals surface area contributed by atoms with Crippen molar-refractivity contribution >= 4 is 0 Å². The van der Waals surface area contributed by atoms with Gasteiger partial charge in [0, 0.05) is 6.07 Å². The molecule has 0 aromatic heterocycles. The summed E-state index contributed by atoms with van der Waals surface area (Å²) in [7, 11) is 0. The lowest BCUT2D eigenvalue weighted by Gasteiger charge is -2.29. The molecule has 0 saturated heterocycles. The first kappa shape index (κ1) is 20.6. The largest absolute Gasteiger partial charge is 0.207 e. The van der Waals surface area contributed by atoms with Gasteiger partial charge in [0.05, 0.1) is 0 Å². The van der Waals surface area contributed by atoms with Crippen molar-refractivity contribution in [1.29, 1.82) is 0 Å². The van der Waals surface area contributed by atoms with E-state index in [4.69, 9.17) is 0 Å². The van der Waals surface area contributed by atoms with Crippen LogP contribution in [0.3, 0.4) is 0 Å². The summed E-state index contributed by atoms with van der Waals surface area (Å²) in [5.74, 6) is 0.997. The normalized spacial score (nSPS) is 22.4. The first-order valence-electron chi connectivity index (χ1n) is 11.3. The van der Waals surface area contributed by atoms with Crippen molar-refractivity contribution in [1.82, 2.24) is 0 Å². The number of hydrogen-bond donors (Lipinski definition) is 0. The SMILES string of the molecule is CCCCCCCC1CCC(CCC2=CCc3c(F)cc(F)cc3C2)CC1. The summed E-state index contributed by atoms with van der Waals surface area (Å²) < 4.78 is 27.3. The second-order valence-electron chi connectivity index (χ2n) is 8.90. The predicted octanol–water partition coefficient (Wildman–Crippen LogP) is 7.94. The van der Waals surface area contributed by atoms with Crippen LogP contribution in [0.5, 0.6) is 0 Å². The van der Waals surface area contributed by atoms with Crippen LogP contribution < -0.4 is 0 Å². The monoisotopic (exact) mass is 374 g/mol. The molecule has 1 aromatic rings. The molecule has 27 heavy (non-hydrogen) atoms. The van der Waals surface area contributed by atoms with Crippen LogP contribution in [0.25, 0.3) is 0 Å². The first-order chi connectivity index (χ1) is 13.2. The molecule has 1 fully saturated rings. The topological polar surface area (TPSA) is 0 Å². The maximum Gasteiger partial charge on any atom is 0.129 e. The van der Waals surface area contributed by atoms with Crippen LogP contribution in [0.4, 0.5) is 8.78 Å². The minimum absolute atomic E-state index is 0.381. The summed E-state index contributed by atoms with van der Waals surface area (Å²) in [5, 5.41) is 0. The Morgan fingerprint density at radius 1 is 0.889 bits per heavy atom. The van der Waals surface area contributed by atoms with Crippen molar-refractivity contribution in [2.24, 2.45) is 11.8 Å². The van der Waals surface area contributed by atoms with E-state index in [-0.39, 0.29) is 5.82 Å². The highest BCUT2D eigenvalue weighted by Gasteiger charge is 2.22. The Balaban J connectivity index is 1.35. The number of halogens is 2. The second-order valence-corrected chi connectivity index (χ2v) is 8.90. The van der Waals surface area contributed by atoms with Gasteiger partial charge in [-0.1, -0.05) is 82.8 Å². The van der Waals surface area contributed by atoms with E-state index in [1.807, 2.05) is 0 Å². The van der Waals surface area contributed by atoms with Gasteiger partial charge in [-0.15, -0.1) is 0 Å². The number of fused-ring (bicyclic) bond motifs is 1. The second kappa shape index (κ2) is 10.4. The summed E-state index contributed by atoms with van der Waals surface area (Å²) in [6.45, 7) is 2.28. The minimum atomic E-state index is -0.444. The van der Waals surface area contributed by atoms with Crippen LogP contribution in [-0.4, -0.2) is 0 Å². The number of allylic oxidation sites excluding steroid dienone is 2. The summed E-state index contributed by atoms with van der Waals surface area (Å²) >= 11 is 0.